The van der Waals surface area contributed by atoms with E-state index in [9.17, 15) is 22.8 Å². The summed E-state index contributed by atoms with van der Waals surface area (Å²) in [5, 5.41) is 2.22. The Bertz CT molecular complexity index is 689. The van der Waals surface area contributed by atoms with Crippen molar-refractivity contribution in [2.24, 2.45) is 0 Å². The van der Waals surface area contributed by atoms with Gasteiger partial charge in [0.05, 0.1) is 10.6 Å². The van der Waals surface area contributed by atoms with Gasteiger partial charge in [-0.1, -0.05) is 23.7 Å². The van der Waals surface area contributed by atoms with Crippen LogP contribution in [0.2, 0.25) is 5.02 Å². The molecule has 1 aromatic rings. The van der Waals surface area contributed by atoms with E-state index in [1.165, 1.54) is 12.1 Å². The van der Waals surface area contributed by atoms with Crippen molar-refractivity contribution in [3.8, 4) is 0 Å². The Morgan fingerprint density at radius 2 is 2.00 bits per heavy atom. The number of hydrogen-bond donors (Lipinski definition) is 1. The molecule has 1 N–H and O–H groups in total. The predicted octanol–water partition coefficient (Wildman–Crippen LogP) is 3.52. The molecule has 0 radical (unpaired) electrons. The van der Waals surface area contributed by atoms with Crippen molar-refractivity contribution in [2.75, 3.05) is 0 Å². The Balaban J connectivity index is 1.67. The molecule has 2 aliphatic rings. The van der Waals surface area contributed by atoms with E-state index in [0.29, 0.717) is 12.8 Å². The Morgan fingerprint density at radius 1 is 1.28 bits per heavy atom. The van der Waals surface area contributed by atoms with Crippen LogP contribution in [0.25, 0.3) is 0 Å². The van der Waals surface area contributed by atoms with E-state index in [1.54, 1.807) is 4.90 Å². The normalized spacial score (nSPS) is 21.4. The number of alkyl halides is 3. The highest BCUT2D eigenvalue weighted by molar-refractivity contribution is 6.32. The topological polar surface area (TPSA) is 49.4 Å². The first-order valence-corrected chi connectivity index (χ1v) is 8.60. The maximum atomic E-state index is 12.9. The second-order valence-electron chi connectivity index (χ2n) is 6.43. The number of carbonyl (C=O) groups is 2. The summed E-state index contributed by atoms with van der Waals surface area (Å²) in [5.74, 6) is -0.367. The lowest BCUT2D eigenvalue weighted by Gasteiger charge is -2.38. The molecule has 1 heterocycles. The maximum Gasteiger partial charge on any atom is 0.417 e. The number of benzene rings is 1. The molecule has 2 fully saturated rings. The van der Waals surface area contributed by atoms with Gasteiger partial charge in [-0.3, -0.25) is 9.59 Å². The number of hydrogen-bond acceptors (Lipinski definition) is 2. The summed E-state index contributed by atoms with van der Waals surface area (Å²) in [6.07, 6.45) is -0.932. The Hall–Kier alpha value is -1.76. The summed E-state index contributed by atoms with van der Waals surface area (Å²) in [4.78, 5) is 26.1. The monoisotopic (exact) mass is 374 g/mol. The highest BCUT2D eigenvalue weighted by atomic mass is 35.5. The fraction of sp³-hybridized carbons (Fsp3) is 0.529. The quantitative estimate of drug-likeness (QED) is 0.876. The van der Waals surface area contributed by atoms with Gasteiger partial charge in [-0.2, -0.15) is 13.2 Å². The second kappa shape index (κ2) is 6.86. The highest BCUT2D eigenvalue weighted by Gasteiger charge is 2.42. The first-order valence-electron chi connectivity index (χ1n) is 8.22. The lowest BCUT2D eigenvalue weighted by Crippen LogP contribution is -2.51. The molecule has 1 atom stereocenters. The summed E-state index contributed by atoms with van der Waals surface area (Å²) >= 11 is 5.83. The molecule has 0 aromatic heterocycles. The smallest absolute Gasteiger partial charge is 0.350 e. The molecule has 4 nitrogen and oxygen atoms in total. The van der Waals surface area contributed by atoms with Crippen molar-refractivity contribution in [1.82, 2.24) is 10.2 Å². The van der Waals surface area contributed by atoms with Gasteiger partial charge in [-0.05, 0) is 37.3 Å². The number of nitrogens with one attached hydrogen (secondary N) is 1. The third kappa shape index (κ3) is 3.61. The second-order valence-corrected chi connectivity index (χ2v) is 6.81. The van der Waals surface area contributed by atoms with Crippen molar-refractivity contribution in [1.29, 1.82) is 0 Å². The molecule has 0 bridgehead atoms. The van der Waals surface area contributed by atoms with Crippen molar-refractivity contribution >= 4 is 23.4 Å². The predicted molar refractivity (Wildman–Crippen MR) is 85.8 cm³/mol. The maximum absolute atomic E-state index is 12.9. The molecule has 1 saturated heterocycles. The largest absolute Gasteiger partial charge is 0.417 e. The molecule has 1 saturated carbocycles. The fourth-order valence-electron chi connectivity index (χ4n) is 3.32. The minimum atomic E-state index is -4.55. The molecule has 1 aliphatic heterocycles. The zero-order valence-electron chi connectivity index (χ0n) is 13.4. The summed E-state index contributed by atoms with van der Waals surface area (Å²) in [6, 6.07) is 3.18. The van der Waals surface area contributed by atoms with Gasteiger partial charge in [0.2, 0.25) is 11.8 Å². The van der Waals surface area contributed by atoms with Crippen LogP contribution in [-0.4, -0.2) is 28.8 Å². The van der Waals surface area contributed by atoms with Crippen molar-refractivity contribution in [3.05, 3.63) is 34.3 Å². The molecule has 25 heavy (non-hydrogen) atoms. The Kier molecular flexibility index (Phi) is 4.95. The zero-order valence-corrected chi connectivity index (χ0v) is 14.2. The third-order valence-electron chi connectivity index (χ3n) is 4.86. The van der Waals surface area contributed by atoms with E-state index in [0.717, 1.165) is 25.3 Å². The van der Waals surface area contributed by atoms with Gasteiger partial charge < -0.3 is 10.2 Å². The van der Waals surface area contributed by atoms with Crippen LogP contribution in [-0.2, 0) is 22.3 Å². The number of amides is 2. The van der Waals surface area contributed by atoms with Crippen LogP contribution in [0.5, 0.6) is 0 Å². The van der Waals surface area contributed by atoms with Crippen LogP contribution < -0.4 is 5.32 Å². The molecule has 0 spiro atoms. The Labute approximate surface area is 148 Å². The van der Waals surface area contributed by atoms with Gasteiger partial charge in [0.1, 0.15) is 6.04 Å². The third-order valence-corrected chi connectivity index (χ3v) is 5.31. The lowest BCUT2D eigenvalue weighted by molar-refractivity contribution is -0.139. The van der Waals surface area contributed by atoms with E-state index in [2.05, 4.69) is 5.32 Å². The van der Waals surface area contributed by atoms with E-state index < -0.39 is 22.8 Å². The average molecular weight is 375 g/mol. The van der Waals surface area contributed by atoms with Crippen LogP contribution in [0, 0.1) is 0 Å². The van der Waals surface area contributed by atoms with Crippen molar-refractivity contribution < 1.29 is 22.8 Å². The minimum absolute atomic E-state index is 0.0260. The van der Waals surface area contributed by atoms with Gasteiger partial charge in [-0.25, -0.2) is 0 Å². The molecule has 3 rings (SSSR count). The van der Waals surface area contributed by atoms with Crippen LogP contribution in [0.1, 0.15) is 43.2 Å². The minimum Gasteiger partial charge on any atom is -0.350 e. The van der Waals surface area contributed by atoms with E-state index in [4.69, 9.17) is 11.6 Å². The molecule has 0 unspecified atom stereocenters. The molecular formula is C17H18ClF3N2O2. The standard InChI is InChI=1S/C17H18ClF3N2O2/c18-15-10(3-1-6-12(15)17(19,20)21)9-22-16(25)13-7-8-14(24)23(13)11-4-2-5-11/h1,3,6,11,13H,2,4-5,7-9H2,(H,22,25)/t13-/m0/s1. The number of nitrogens with zero attached hydrogens (tertiary/aromatic N) is 1. The summed E-state index contributed by atoms with van der Waals surface area (Å²) < 4.78 is 38.7. The SMILES string of the molecule is O=C(NCc1cccc(C(F)(F)F)c1Cl)[C@@H]1CCC(=O)N1C1CCC1. The zero-order chi connectivity index (χ0) is 18.2. The number of rotatable bonds is 4. The Morgan fingerprint density at radius 3 is 2.60 bits per heavy atom. The van der Waals surface area contributed by atoms with Crippen molar-refractivity contribution in [3.63, 3.8) is 0 Å². The summed E-state index contributed by atoms with van der Waals surface area (Å²) in [5.41, 5.74) is -0.725. The van der Waals surface area contributed by atoms with E-state index in [-0.39, 0.29) is 30.0 Å². The number of halogens is 4. The number of carbonyl (C=O) groups excluding carboxylic acids is 2. The first-order chi connectivity index (χ1) is 11.8. The molecule has 1 aliphatic carbocycles. The van der Waals surface area contributed by atoms with Gasteiger partial charge in [0, 0.05) is 19.0 Å². The highest BCUT2D eigenvalue weighted by Crippen LogP contribution is 2.36. The summed E-state index contributed by atoms with van der Waals surface area (Å²) in [6.45, 7) is -0.106. The number of likely N-dealkylation sites (tertiary alicyclic amines) is 1. The molecular weight excluding hydrogens is 357 g/mol. The summed E-state index contributed by atoms with van der Waals surface area (Å²) in [7, 11) is 0. The molecule has 8 heteroatoms. The van der Waals surface area contributed by atoms with Crippen LogP contribution in [0.4, 0.5) is 13.2 Å². The van der Waals surface area contributed by atoms with E-state index in [1.807, 2.05) is 0 Å². The van der Waals surface area contributed by atoms with Crippen LogP contribution in [0.15, 0.2) is 18.2 Å². The lowest BCUT2D eigenvalue weighted by atomic mass is 9.91. The molecule has 2 amide bonds. The van der Waals surface area contributed by atoms with Gasteiger partial charge in [0.15, 0.2) is 0 Å². The van der Waals surface area contributed by atoms with E-state index >= 15 is 0 Å². The molecule has 1 aromatic carbocycles. The average Bonchev–Trinajstić information content (AvgIpc) is 2.85. The first kappa shape index (κ1) is 18.0. The van der Waals surface area contributed by atoms with Gasteiger partial charge in [0.25, 0.3) is 0 Å². The molecule has 136 valence electrons. The fourth-order valence-corrected chi connectivity index (χ4v) is 3.62. The van der Waals surface area contributed by atoms with Gasteiger partial charge in [-0.15, -0.1) is 0 Å². The van der Waals surface area contributed by atoms with Gasteiger partial charge >= 0.3 is 6.18 Å². The van der Waals surface area contributed by atoms with Crippen LogP contribution in [0.3, 0.4) is 0 Å². The van der Waals surface area contributed by atoms with Crippen molar-refractivity contribution in [2.45, 2.75) is 56.9 Å². The van der Waals surface area contributed by atoms with Crippen LogP contribution >= 0.6 is 11.6 Å².